The molecule has 2 aliphatic rings. The number of hydrogen-bond donors (Lipinski definition) is 3. The lowest BCUT2D eigenvalue weighted by Gasteiger charge is -2.39. The van der Waals surface area contributed by atoms with Crippen LogP contribution in [-0.2, 0) is 0 Å². The van der Waals surface area contributed by atoms with Gasteiger partial charge in [0.25, 0.3) is 11.5 Å². The quantitative estimate of drug-likeness (QED) is 0.390. The van der Waals surface area contributed by atoms with Crippen LogP contribution in [0.2, 0.25) is 0 Å². The first-order valence-electron chi connectivity index (χ1n) is 14.1. The van der Waals surface area contributed by atoms with E-state index in [9.17, 15) is 9.59 Å². The zero-order valence-electron chi connectivity index (χ0n) is 23.4. The minimum Gasteiger partial charge on any atom is -0.358 e. The Bertz CT molecular complexity index is 1340. The van der Waals surface area contributed by atoms with Crippen LogP contribution >= 0.6 is 0 Å². The van der Waals surface area contributed by atoms with Crippen LogP contribution in [0.25, 0.3) is 5.69 Å². The molecule has 0 spiro atoms. The largest absolute Gasteiger partial charge is 0.358 e. The Hall–Kier alpha value is -3.49. The van der Waals surface area contributed by atoms with E-state index in [2.05, 4.69) is 58.7 Å². The molecule has 1 aliphatic heterocycles. The number of carbonyl (C=O) groups excluding carboxylic acids is 1. The molecule has 4 atom stereocenters. The summed E-state index contributed by atoms with van der Waals surface area (Å²) in [5, 5.41) is 10.1. The lowest BCUT2D eigenvalue weighted by molar-refractivity contribution is 0.0951. The summed E-state index contributed by atoms with van der Waals surface area (Å²) in [6.07, 6.45) is 5.36. The fourth-order valence-corrected chi connectivity index (χ4v) is 5.67. The molecule has 2 fully saturated rings. The van der Waals surface area contributed by atoms with Crippen molar-refractivity contribution in [3.8, 4) is 5.69 Å². The number of aryl methyl sites for hydroxylation is 1. The van der Waals surface area contributed by atoms with Gasteiger partial charge in [-0.3, -0.25) is 19.1 Å². The molecule has 0 unspecified atom stereocenters. The van der Waals surface area contributed by atoms with Gasteiger partial charge in [-0.25, -0.2) is 4.98 Å². The second-order valence-electron chi connectivity index (χ2n) is 11.4. The van der Waals surface area contributed by atoms with Crippen molar-refractivity contribution in [1.29, 1.82) is 0 Å². The molecule has 206 valence electrons. The monoisotopic (exact) mass is 528 g/mol. The van der Waals surface area contributed by atoms with Crippen LogP contribution in [0.1, 0.15) is 61.1 Å². The molecule has 1 amide bonds. The number of carbonyl (C=O) groups is 1. The van der Waals surface area contributed by atoms with Gasteiger partial charge < -0.3 is 16.0 Å². The van der Waals surface area contributed by atoms with Gasteiger partial charge in [0.15, 0.2) is 5.82 Å². The van der Waals surface area contributed by atoms with E-state index < -0.39 is 0 Å². The summed E-state index contributed by atoms with van der Waals surface area (Å²) >= 11 is 0. The number of nitrogens with one attached hydrogen (secondary N) is 3. The summed E-state index contributed by atoms with van der Waals surface area (Å²) in [6, 6.07) is 16.8. The predicted molar refractivity (Wildman–Crippen MR) is 156 cm³/mol. The summed E-state index contributed by atoms with van der Waals surface area (Å²) in [5.74, 6) is 0.414. The standard InChI is InChI=1S/C31H40N6O2/c1-20-10-11-25(30(38)34-26-12-13-26)16-27(20)37-15-14-32-29(31(37)39)35-28(24-8-6-5-7-9-24)21(2)17-36-18-22(3)33-23(4)19-36/h5-11,14-16,21-23,26,28,33H,12-13,17-19H2,1-4H3,(H,32,35)(H,34,38)/t21-,22-,23+,28+/m0/s1. The van der Waals surface area contributed by atoms with Gasteiger partial charge in [-0.15, -0.1) is 0 Å². The maximum absolute atomic E-state index is 13.8. The van der Waals surface area contributed by atoms with Crippen molar-refractivity contribution < 1.29 is 4.79 Å². The SMILES string of the molecule is Cc1ccc(C(=O)NC2CC2)cc1-n1ccnc(N[C@@H](c2ccccc2)[C@@H](C)CN2C[C@@H](C)N[C@@H](C)C2)c1=O. The number of nitrogens with zero attached hydrogens (tertiary/aromatic N) is 3. The third-order valence-corrected chi connectivity index (χ3v) is 7.68. The molecule has 1 saturated carbocycles. The van der Waals surface area contributed by atoms with E-state index in [0.29, 0.717) is 29.2 Å². The molecule has 1 saturated heterocycles. The highest BCUT2D eigenvalue weighted by Crippen LogP contribution is 2.27. The number of benzene rings is 2. The molecule has 1 aromatic heterocycles. The van der Waals surface area contributed by atoms with E-state index in [4.69, 9.17) is 0 Å². The molecule has 3 aromatic rings. The van der Waals surface area contributed by atoms with Crippen molar-refractivity contribution in [3.63, 3.8) is 0 Å². The van der Waals surface area contributed by atoms with Crippen LogP contribution in [0.15, 0.2) is 65.7 Å². The summed E-state index contributed by atoms with van der Waals surface area (Å²) in [4.78, 5) is 33.4. The maximum Gasteiger partial charge on any atom is 0.297 e. The van der Waals surface area contributed by atoms with E-state index in [1.54, 1.807) is 23.0 Å². The van der Waals surface area contributed by atoms with E-state index in [1.807, 2.05) is 37.3 Å². The minimum absolute atomic E-state index is 0.0977. The Balaban J connectivity index is 1.42. The lowest BCUT2D eigenvalue weighted by atomic mass is 9.93. The molecule has 8 nitrogen and oxygen atoms in total. The number of anilines is 1. The van der Waals surface area contributed by atoms with Gasteiger partial charge in [-0.2, -0.15) is 0 Å². The average molecular weight is 529 g/mol. The number of piperazine rings is 1. The maximum atomic E-state index is 13.8. The van der Waals surface area contributed by atoms with Gasteiger partial charge in [0.05, 0.1) is 11.7 Å². The highest BCUT2D eigenvalue weighted by Gasteiger charge is 2.28. The minimum atomic E-state index is -0.238. The van der Waals surface area contributed by atoms with Crippen LogP contribution in [0.5, 0.6) is 0 Å². The average Bonchev–Trinajstić information content (AvgIpc) is 3.72. The topological polar surface area (TPSA) is 91.3 Å². The summed E-state index contributed by atoms with van der Waals surface area (Å²) < 4.78 is 1.59. The highest BCUT2D eigenvalue weighted by molar-refractivity contribution is 5.95. The molecule has 3 N–H and O–H groups in total. The van der Waals surface area contributed by atoms with Crippen LogP contribution in [0, 0.1) is 12.8 Å². The third kappa shape index (κ3) is 6.57. The van der Waals surface area contributed by atoms with Crippen molar-refractivity contribution in [2.24, 2.45) is 5.92 Å². The van der Waals surface area contributed by atoms with Crippen molar-refractivity contribution in [2.45, 2.75) is 64.7 Å². The molecular weight excluding hydrogens is 488 g/mol. The van der Waals surface area contributed by atoms with Gasteiger partial charge >= 0.3 is 0 Å². The van der Waals surface area contributed by atoms with E-state index in [0.717, 1.165) is 43.6 Å². The Labute approximate surface area is 230 Å². The third-order valence-electron chi connectivity index (χ3n) is 7.68. The van der Waals surface area contributed by atoms with Gasteiger partial charge in [-0.1, -0.05) is 43.3 Å². The van der Waals surface area contributed by atoms with Gasteiger partial charge in [0.1, 0.15) is 0 Å². The first kappa shape index (κ1) is 27.1. The smallest absolute Gasteiger partial charge is 0.297 e. The molecule has 5 rings (SSSR count). The Morgan fingerprint density at radius 3 is 2.51 bits per heavy atom. The normalized spacial score (nSPS) is 21.2. The Morgan fingerprint density at radius 2 is 1.82 bits per heavy atom. The summed E-state index contributed by atoms with van der Waals surface area (Å²) in [7, 11) is 0. The summed E-state index contributed by atoms with van der Waals surface area (Å²) in [6.45, 7) is 11.5. The zero-order chi connectivity index (χ0) is 27.5. The fraction of sp³-hybridized carbons (Fsp3) is 0.452. The molecule has 8 heteroatoms. The van der Waals surface area contributed by atoms with Crippen molar-refractivity contribution in [3.05, 3.63) is 88.0 Å². The molecule has 1 aliphatic carbocycles. The number of amides is 1. The van der Waals surface area contributed by atoms with Crippen LogP contribution in [0.4, 0.5) is 5.82 Å². The van der Waals surface area contributed by atoms with Crippen LogP contribution in [0.3, 0.4) is 0 Å². The van der Waals surface area contributed by atoms with Crippen LogP contribution < -0.4 is 21.5 Å². The lowest BCUT2D eigenvalue weighted by Crippen LogP contribution is -2.55. The van der Waals surface area contributed by atoms with Crippen LogP contribution in [-0.4, -0.2) is 58.1 Å². The first-order valence-corrected chi connectivity index (χ1v) is 14.1. The Morgan fingerprint density at radius 1 is 1.10 bits per heavy atom. The van der Waals surface area contributed by atoms with E-state index >= 15 is 0 Å². The van der Waals surface area contributed by atoms with Crippen molar-refractivity contribution in [2.75, 3.05) is 25.0 Å². The van der Waals surface area contributed by atoms with Crippen molar-refractivity contribution >= 4 is 11.7 Å². The number of hydrogen-bond acceptors (Lipinski definition) is 6. The second kappa shape index (κ2) is 11.7. The molecule has 0 bridgehead atoms. The predicted octanol–water partition coefficient (Wildman–Crippen LogP) is 3.90. The molecule has 39 heavy (non-hydrogen) atoms. The van der Waals surface area contributed by atoms with Gasteiger partial charge in [-0.05, 0) is 62.8 Å². The highest BCUT2D eigenvalue weighted by atomic mass is 16.2. The molecule has 2 heterocycles. The molecular formula is C31H40N6O2. The number of rotatable bonds is 9. The van der Waals surface area contributed by atoms with Gasteiger partial charge in [0, 0.05) is 55.7 Å². The second-order valence-corrected chi connectivity index (χ2v) is 11.4. The fourth-order valence-electron chi connectivity index (χ4n) is 5.67. The van der Waals surface area contributed by atoms with E-state index in [-0.39, 0.29) is 29.5 Å². The molecule has 2 aromatic carbocycles. The molecule has 0 radical (unpaired) electrons. The van der Waals surface area contributed by atoms with Crippen molar-refractivity contribution in [1.82, 2.24) is 25.1 Å². The number of aromatic nitrogens is 2. The summed E-state index contributed by atoms with van der Waals surface area (Å²) in [5.41, 5.74) is 3.02. The first-order chi connectivity index (χ1) is 18.8. The Kier molecular flexibility index (Phi) is 8.14. The van der Waals surface area contributed by atoms with E-state index in [1.165, 1.54) is 0 Å². The zero-order valence-corrected chi connectivity index (χ0v) is 23.4. The van der Waals surface area contributed by atoms with Gasteiger partial charge in [0.2, 0.25) is 0 Å².